The highest BCUT2D eigenvalue weighted by atomic mass is 16.2. The van der Waals surface area contributed by atoms with E-state index in [2.05, 4.69) is 10.6 Å². The van der Waals surface area contributed by atoms with Crippen LogP contribution < -0.4 is 10.6 Å². The molecule has 0 spiro atoms. The molecule has 1 aliphatic heterocycles. The molecule has 0 aromatic carbocycles. The number of rotatable bonds is 1. The Balaban J connectivity index is 2.34. The monoisotopic (exact) mass is 139 g/mol. The molecular formula is C6H9N3O. The number of nitrogens with one attached hydrogen (secondary N) is 2. The molecule has 0 bridgehead atoms. The Bertz CT molecular complexity index is 166. The van der Waals surface area contributed by atoms with Gasteiger partial charge in [-0.15, -0.1) is 0 Å². The minimum absolute atomic E-state index is 0.139. The lowest BCUT2D eigenvalue weighted by Crippen LogP contribution is -2.38. The van der Waals surface area contributed by atoms with Crippen LogP contribution in [0.4, 0.5) is 0 Å². The molecule has 1 heterocycles. The van der Waals surface area contributed by atoms with Crippen molar-refractivity contribution in [2.75, 3.05) is 6.54 Å². The molecular weight excluding hydrogens is 130 g/mol. The molecule has 1 aliphatic rings. The first-order valence-electron chi connectivity index (χ1n) is 3.27. The summed E-state index contributed by atoms with van der Waals surface area (Å²) in [6, 6.07) is -0.139. The number of nitriles is 1. The molecule has 1 amide bonds. The zero-order valence-corrected chi connectivity index (χ0v) is 5.55. The summed E-state index contributed by atoms with van der Waals surface area (Å²) in [5, 5.41) is 13.2. The van der Waals surface area contributed by atoms with Crippen molar-refractivity contribution in [1.29, 1.82) is 5.26 Å². The normalized spacial score (nSPS) is 23.7. The lowest BCUT2D eigenvalue weighted by atomic mass is 10.2. The van der Waals surface area contributed by atoms with Gasteiger partial charge in [-0.3, -0.25) is 10.1 Å². The van der Waals surface area contributed by atoms with Crippen LogP contribution in [-0.2, 0) is 4.79 Å². The molecule has 4 heteroatoms. The molecule has 10 heavy (non-hydrogen) atoms. The van der Waals surface area contributed by atoms with Crippen LogP contribution in [-0.4, -0.2) is 18.5 Å². The fourth-order valence-corrected chi connectivity index (χ4v) is 1.05. The molecule has 1 fully saturated rings. The highest BCUT2D eigenvalue weighted by Gasteiger charge is 2.20. The second kappa shape index (κ2) is 3.18. The Labute approximate surface area is 59.2 Å². The topological polar surface area (TPSA) is 64.9 Å². The van der Waals surface area contributed by atoms with Crippen LogP contribution in [0.1, 0.15) is 12.8 Å². The summed E-state index contributed by atoms with van der Waals surface area (Å²) in [4.78, 5) is 10.8. The van der Waals surface area contributed by atoms with Crippen molar-refractivity contribution < 1.29 is 4.79 Å². The lowest BCUT2D eigenvalue weighted by Gasteiger charge is -2.04. The van der Waals surface area contributed by atoms with Gasteiger partial charge in [0.25, 0.3) is 0 Å². The van der Waals surface area contributed by atoms with Crippen LogP contribution in [0.15, 0.2) is 0 Å². The maximum atomic E-state index is 10.8. The van der Waals surface area contributed by atoms with Gasteiger partial charge in [0.1, 0.15) is 0 Å². The van der Waals surface area contributed by atoms with Crippen molar-refractivity contribution in [3.8, 4) is 6.19 Å². The third kappa shape index (κ3) is 1.45. The van der Waals surface area contributed by atoms with E-state index >= 15 is 0 Å². The number of hydrogen-bond acceptors (Lipinski definition) is 3. The van der Waals surface area contributed by atoms with E-state index in [1.165, 1.54) is 0 Å². The SMILES string of the molecule is N#CNC(=O)[C@H]1CCCN1. The Hall–Kier alpha value is -1.08. The first-order chi connectivity index (χ1) is 4.84. The number of amides is 1. The van der Waals surface area contributed by atoms with Gasteiger partial charge in [0.05, 0.1) is 6.04 Å². The molecule has 0 aromatic rings. The van der Waals surface area contributed by atoms with E-state index in [9.17, 15) is 4.79 Å². The number of nitrogens with zero attached hydrogens (tertiary/aromatic N) is 1. The average Bonchev–Trinajstić information content (AvgIpc) is 2.38. The van der Waals surface area contributed by atoms with Gasteiger partial charge in [0.15, 0.2) is 6.19 Å². The minimum atomic E-state index is -0.208. The van der Waals surface area contributed by atoms with Crippen molar-refractivity contribution >= 4 is 5.91 Å². The fraction of sp³-hybridized carbons (Fsp3) is 0.667. The van der Waals surface area contributed by atoms with Gasteiger partial charge < -0.3 is 5.32 Å². The molecule has 0 aromatic heterocycles. The highest BCUT2D eigenvalue weighted by molar-refractivity contribution is 5.83. The molecule has 1 rings (SSSR count). The van der Waals surface area contributed by atoms with E-state index in [-0.39, 0.29) is 11.9 Å². The van der Waals surface area contributed by atoms with Crippen molar-refractivity contribution in [3.63, 3.8) is 0 Å². The van der Waals surface area contributed by atoms with Crippen LogP contribution in [0.2, 0.25) is 0 Å². The van der Waals surface area contributed by atoms with E-state index in [4.69, 9.17) is 5.26 Å². The Morgan fingerprint density at radius 1 is 1.80 bits per heavy atom. The van der Waals surface area contributed by atoms with Gasteiger partial charge in [0.2, 0.25) is 5.91 Å². The number of carbonyl (C=O) groups is 1. The first-order valence-corrected chi connectivity index (χ1v) is 3.27. The summed E-state index contributed by atoms with van der Waals surface area (Å²) in [5.74, 6) is -0.208. The minimum Gasteiger partial charge on any atom is -0.306 e. The van der Waals surface area contributed by atoms with E-state index in [1.54, 1.807) is 6.19 Å². The summed E-state index contributed by atoms with van der Waals surface area (Å²) < 4.78 is 0. The maximum Gasteiger partial charge on any atom is 0.250 e. The summed E-state index contributed by atoms with van der Waals surface area (Å²) >= 11 is 0. The summed E-state index contributed by atoms with van der Waals surface area (Å²) in [6.45, 7) is 0.878. The first kappa shape index (κ1) is 7.03. The van der Waals surface area contributed by atoms with Crippen LogP contribution in [0.5, 0.6) is 0 Å². The van der Waals surface area contributed by atoms with E-state index in [1.807, 2.05) is 0 Å². The third-order valence-electron chi connectivity index (χ3n) is 1.56. The largest absolute Gasteiger partial charge is 0.306 e. The second-order valence-electron chi connectivity index (χ2n) is 2.25. The Kier molecular flexibility index (Phi) is 2.24. The zero-order valence-electron chi connectivity index (χ0n) is 5.55. The molecule has 0 unspecified atom stereocenters. The third-order valence-corrected chi connectivity index (χ3v) is 1.56. The summed E-state index contributed by atoms with van der Waals surface area (Å²) in [7, 11) is 0. The molecule has 54 valence electrons. The summed E-state index contributed by atoms with van der Waals surface area (Å²) in [5.41, 5.74) is 0. The van der Waals surface area contributed by atoms with Crippen molar-refractivity contribution in [1.82, 2.24) is 10.6 Å². The van der Waals surface area contributed by atoms with Crippen LogP contribution >= 0.6 is 0 Å². The van der Waals surface area contributed by atoms with Gasteiger partial charge in [-0.2, -0.15) is 5.26 Å². The van der Waals surface area contributed by atoms with Crippen LogP contribution in [0.25, 0.3) is 0 Å². The molecule has 0 radical (unpaired) electrons. The van der Waals surface area contributed by atoms with E-state index < -0.39 is 0 Å². The van der Waals surface area contributed by atoms with Crippen molar-refractivity contribution in [3.05, 3.63) is 0 Å². The standard InChI is InChI=1S/C6H9N3O/c7-4-9-6(10)5-2-1-3-8-5/h5,8H,1-3H2,(H,9,10)/t5-/m1/s1. The molecule has 1 saturated heterocycles. The van der Waals surface area contributed by atoms with Crippen LogP contribution in [0, 0.1) is 11.5 Å². The van der Waals surface area contributed by atoms with Gasteiger partial charge in [0, 0.05) is 0 Å². The van der Waals surface area contributed by atoms with Crippen molar-refractivity contribution in [2.45, 2.75) is 18.9 Å². The van der Waals surface area contributed by atoms with Gasteiger partial charge >= 0.3 is 0 Å². The zero-order chi connectivity index (χ0) is 7.40. The van der Waals surface area contributed by atoms with E-state index in [0.717, 1.165) is 19.4 Å². The van der Waals surface area contributed by atoms with Crippen molar-refractivity contribution in [2.24, 2.45) is 0 Å². The number of hydrogen-bond donors (Lipinski definition) is 2. The van der Waals surface area contributed by atoms with Gasteiger partial charge in [-0.25, -0.2) is 0 Å². The predicted octanol–water partition coefficient (Wildman–Crippen LogP) is -0.664. The Morgan fingerprint density at radius 3 is 3.10 bits per heavy atom. The van der Waals surface area contributed by atoms with Gasteiger partial charge in [-0.05, 0) is 19.4 Å². The molecule has 0 saturated carbocycles. The highest BCUT2D eigenvalue weighted by Crippen LogP contribution is 2.03. The molecule has 1 atom stereocenters. The second-order valence-corrected chi connectivity index (χ2v) is 2.25. The van der Waals surface area contributed by atoms with Gasteiger partial charge in [-0.1, -0.05) is 0 Å². The number of carbonyl (C=O) groups excluding carboxylic acids is 1. The molecule has 4 nitrogen and oxygen atoms in total. The average molecular weight is 139 g/mol. The molecule has 0 aliphatic carbocycles. The smallest absolute Gasteiger partial charge is 0.250 e. The Morgan fingerprint density at radius 2 is 2.60 bits per heavy atom. The lowest BCUT2D eigenvalue weighted by molar-refractivity contribution is -0.121. The quantitative estimate of drug-likeness (QED) is 0.374. The maximum absolute atomic E-state index is 10.8. The fourth-order valence-electron chi connectivity index (χ4n) is 1.05. The molecule has 2 N–H and O–H groups in total. The van der Waals surface area contributed by atoms with E-state index in [0.29, 0.717) is 0 Å². The van der Waals surface area contributed by atoms with Crippen LogP contribution in [0.3, 0.4) is 0 Å². The summed E-state index contributed by atoms with van der Waals surface area (Å²) in [6.07, 6.45) is 3.46. The predicted molar refractivity (Wildman–Crippen MR) is 34.8 cm³/mol.